The van der Waals surface area contributed by atoms with Crippen molar-refractivity contribution in [3.05, 3.63) is 138 Å². The highest BCUT2D eigenvalue weighted by Crippen LogP contribution is 2.51. The summed E-state index contributed by atoms with van der Waals surface area (Å²) in [4.78, 5) is 65.4. The molecule has 1 spiro atoms. The van der Waals surface area contributed by atoms with Crippen molar-refractivity contribution in [2.75, 3.05) is 0 Å². The zero-order valence-corrected chi connectivity index (χ0v) is 56.6. The molecule has 0 bridgehead atoms. The molecular weight excluding hydrogens is 1160 g/mol. The average molecular weight is 1270 g/mol. The lowest BCUT2D eigenvalue weighted by Gasteiger charge is -2.49. The van der Waals surface area contributed by atoms with E-state index in [0.717, 1.165) is 93.2 Å². The predicted molar refractivity (Wildman–Crippen MR) is 355 cm³/mol. The zero-order chi connectivity index (χ0) is 63.6. The maximum Gasteiger partial charge on any atom is 0.338 e. The SMILES string of the molecule is C.CC(C)(C)C1CCC(=O)CC1.CC(C)OC(=O)c1ccc([C@@H](CCC(C)(C)C)N2C(=O)C(c3cc(Cl)cc(Cl)c3)NC23CCC(C(C)(C)C)CC3)cc1.CC(C)OC(=O)c1ccc([C@@H](CCC(C)(C)C)NC(=O)C(N)c2cc(Cl)cc(Cl)c2)cc1. The number of nitrogens with zero attached hydrogens (tertiary/aromatic N) is 1. The molecule has 15 heteroatoms. The van der Waals surface area contributed by atoms with E-state index >= 15 is 0 Å². The van der Waals surface area contributed by atoms with E-state index in [0.29, 0.717) is 60.3 Å². The number of benzene rings is 4. The number of nitrogens with one attached hydrogen (secondary N) is 2. The summed E-state index contributed by atoms with van der Waals surface area (Å²) in [6, 6.07) is 23.1. The first-order chi connectivity index (χ1) is 39.3. The van der Waals surface area contributed by atoms with Crippen LogP contribution in [-0.4, -0.2) is 52.3 Å². The summed E-state index contributed by atoms with van der Waals surface area (Å²) in [5.74, 6) is 0.820. The van der Waals surface area contributed by atoms with Crippen LogP contribution in [0.1, 0.15) is 262 Å². The molecule has 0 aromatic heterocycles. The molecule has 476 valence electrons. The van der Waals surface area contributed by atoms with Gasteiger partial charge in [-0.1, -0.05) is 161 Å². The smallest absolute Gasteiger partial charge is 0.338 e. The Balaban J connectivity index is 0.000000317. The maximum atomic E-state index is 14.6. The van der Waals surface area contributed by atoms with Gasteiger partial charge in [-0.15, -0.1) is 0 Å². The van der Waals surface area contributed by atoms with Crippen molar-refractivity contribution in [2.45, 2.75) is 237 Å². The van der Waals surface area contributed by atoms with E-state index in [1.807, 2.05) is 62.4 Å². The first-order valence-electron chi connectivity index (χ1n) is 30.6. The predicted octanol–water partition coefficient (Wildman–Crippen LogP) is 19.2. The molecule has 4 aromatic carbocycles. The summed E-state index contributed by atoms with van der Waals surface area (Å²) < 4.78 is 10.7. The number of hydrogen-bond donors (Lipinski definition) is 3. The molecule has 1 heterocycles. The van der Waals surface area contributed by atoms with Crippen LogP contribution < -0.4 is 16.4 Å². The Morgan fingerprint density at radius 1 is 0.605 bits per heavy atom. The molecule has 2 unspecified atom stereocenters. The van der Waals surface area contributed by atoms with Crippen LogP contribution in [0.4, 0.5) is 0 Å². The molecule has 2 amide bonds. The molecule has 11 nitrogen and oxygen atoms in total. The Morgan fingerprint density at radius 3 is 1.43 bits per heavy atom. The molecule has 7 rings (SSSR count). The fourth-order valence-electron chi connectivity index (χ4n) is 11.7. The molecule has 4 atom stereocenters. The van der Waals surface area contributed by atoms with Crippen LogP contribution >= 0.6 is 46.4 Å². The molecule has 86 heavy (non-hydrogen) atoms. The first-order valence-corrected chi connectivity index (χ1v) is 32.1. The van der Waals surface area contributed by atoms with Gasteiger partial charge in [0.2, 0.25) is 11.8 Å². The average Bonchev–Trinajstić information content (AvgIpc) is 1.66. The summed E-state index contributed by atoms with van der Waals surface area (Å²) in [5, 5.41) is 8.77. The van der Waals surface area contributed by atoms with E-state index in [4.69, 9.17) is 61.6 Å². The van der Waals surface area contributed by atoms with Crippen molar-refractivity contribution in [1.82, 2.24) is 15.5 Å². The highest BCUT2D eigenvalue weighted by molar-refractivity contribution is 6.35. The van der Waals surface area contributed by atoms with Crippen LogP contribution in [0.2, 0.25) is 20.1 Å². The van der Waals surface area contributed by atoms with E-state index in [1.165, 1.54) is 0 Å². The van der Waals surface area contributed by atoms with Gasteiger partial charge in [0.15, 0.2) is 0 Å². The van der Waals surface area contributed by atoms with Gasteiger partial charge in [0, 0.05) is 32.9 Å². The lowest BCUT2D eigenvalue weighted by atomic mass is 9.69. The van der Waals surface area contributed by atoms with Gasteiger partial charge in [0.25, 0.3) is 0 Å². The second-order valence-electron chi connectivity index (χ2n) is 28.9. The van der Waals surface area contributed by atoms with E-state index < -0.39 is 17.7 Å². The van der Waals surface area contributed by atoms with E-state index in [9.17, 15) is 24.0 Å². The third-order valence-electron chi connectivity index (χ3n) is 16.7. The normalized spacial score (nSPS) is 19.6. The topological polar surface area (TPSA) is 157 Å². The Labute approximate surface area is 536 Å². The number of nitrogens with two attached hydrogens (primary N) is 1. The Kier molecular flexibility index (Phi) is 26.9. The number of carbonyl (C=O) groups excluding carboxylic acids is 5. The molecule has 4 N–H and O–H groups in total. The van der Waals surface area contributed by atoms with Gasteiger partial charge in [-0.25, -0.2) is 9.59 Å². The minimum absolute atomic E-state index is 0. The number of carbonyl (C=O) groups is 5. The van der Waals surface area contributed by atoms with Gasteiger partial charge in [0.05, 0.1) is 41.1 Å². The Bertz CT molecular complexity index is 2840. The van der Waals surface area contributed by atoms with Gasteiger partial charge in [0.1, 0.15) is 17.9 Å². The van der Waals surface area contributed by atoms with Gasteiger partial charge in [-0.05, 0) is 208 Å². The number of amides is 2. The lowest BCUT2D eigenvalue weighted by Crippen LogP contribution is -2.56. The second kappa shape index (κ2) is 31.3. The van der Waals surface area contributed by atoms with Crippen LogP contribution in [-0.2, 0) is 23.9 Å². The molecular formula is C71H102Cl4N4O7. The fraction of sp³-hybridized carbons (Fsp3) is 0.592. The van der Waals surface area contributed by atoms with E-state index in [-0.39, 0.29) is 71.7 Å². The van der Waals surface area contributed by atoms with Crippen LogP contribution in [0, 0.1) is 33.5 Å². The highest BCUT2D eigenvalue weighted by Gasteiger charge is 2.55. The summed E-state index contributed by atoms with van der Waals surface area (Å²) >= 11 is 25.0. The number of rotatable bonds is 15. The van der Waals surface area contributed by atoms with Crippen molar-refractivity contribution < 1.29 is 33.4 Å². The summed E-state index contributed by atoms with van der Waals surface area (Å²) in [6.45, 7) is 34.2. The molecule has 2 saturated carbocycles. The maximum absolute atomic E-state index is 14.6. The number of halogens is 4. The molecule has 0 radical (unpaired) electrons. The number of hydrogen-bond acceptors (Lipinski definition) is 9. The fourth-order valence-corrected chi connectivity index (χ4v) is 12.7. The molecule has 3 fully saturated rings. The van der Waals surface area contributed by atoms with Crippen molar-refractivity contribution in [3.63, 3.8) is 0 Å². The van der Waals surface area contributed by atoms with Gasteiger partial charge >= 0.3 is 11.9 Å². The van der Waals surface area contributed by atoms with Crippen molar-refractivity contribution in [3.8, 4) is 0 Å². The van der Waals surface area contributed by atoms with Crippen LogP contribution in [0.5, 0.6) is 0 Å². The molecule has 1 saturated heterocycles. The summed E-state index contributed by atoms with van der Waals surface area (Å²) in [5.41, 5.74) is 10.7. The molecule has 3 aliphatic rings. The van der Waals surface area contributed by atoms with Gasteiger partial charge in [-0.2, -0.15) is 0 Å². The number of ether oxygens (including phenoxy) is 2. The standard InChI is InChI=1S/C35H48Cl2N2O3.C25H32Cl2N2O3.C10H18O.CH4/c1-22(2)42-32(41)24-11-9-23(10-12-24)29(15-16-33(3,4)5)39-31(40)30(25-19-27(36)21-28(37)20-25)38-35(39)17-13-26(14-18-35)34(6,7)8;1-15(2)32-24(31)17-8-6-16(7-9-17)21(10-11-25(3,4)5)29-23(30)22(28)18-12-19(26)14-20(27)13-18;1-10(2,3)8-4-6-9(11)7-5-8;/h9-12,19-22,26,29-30,38H,13-18H2,1-8H3;6-9,12-15,21-22H,10-11,28H2,1-5H3,(H,29,30);8H,4-7H2,1-3H3;1H4/t26?,29-,30?,35?;21-,22?;;/m11../s1. The monoisotopic (exact) mass is 1260 g/mol. The lowest BCUT2D eigenvalue weighted by molar-refractivity contribution is -0.137. The van der Waals surface area contributed by atoms with Crippen molar-refractivity contribution in [1.29, 1.82) is 0 Å². The van der Waals surface area contributed by atoms with Crippen molar-refractivity contribution in [2.24, 2.45) is 39.2 Å². The summed E-state index contributed by atoms with van der Waals surface area (Å²) in [6.07, 6.45) is 10.6. The van der Waals surface area contributed by atoms with E-state index in [1.54, 1.807) is 50.2 Å². The van der Waals surface area contributed by atoms with Crippen LogP contribution in [0.25, 0.3) is 0 Å². The van der Waals surface area contributed by atoms with Gasteiger partial charge in [-0.3, -0.25) is 19.7 Å². The van der Waals surface area contributed by atoms with Crippen LogP contribution in [0.3, 0.4) is 0 Å². The number of ketones is 1. The van der Waals surface area contributed by atoms with Crippen LogP contribution in [0.15, 0.2) is 84.9 Å². The molecule has 2 aliphatic carbocycles. The molecule has 1 aliphatic heterocycles. The quantitative estimate of drug-likeness (QED) is 0.0986. The minimum atomic E-state index is -0.913. The molecule has 4 aromatic rings. The largest absolute Gasteiger partial charge is 0.459 e. The number of esters is 2. The number of Topliss-reactive ketones (excluding diaryl/α,β-unsaturated/α-hetero) is 1. The van der Waals surface area contributed by atoms with Crippen molar-refractivity contribution >= 4 is 75.9 Å². The first kappa shape index (κ1) is 74.0. The summed E-state index contributed by atoms with van der Waals surface area (Å²) in [7, 11) is 0. The van der Waals surface area contributed by atoms with Gasteiger partial charge < -0.3 is 25.4 Å². The zero-order valence-electron chi connectivity index (χ0n) is 53.6. The Hall–Kier alpha value is -4.49. The third kappa shape index (κ3) is 22.2. The second-order valence-corrected chi connectivity index (χ2v) is 30.7. The minimum Gasteiger partial charge on any atom is -0.459 e. The van der Waals surface area contributed by atoms with E-state index in [2.05, 4.69) is 98.6 Å². The highest BCUT2D eigenvalue weighted by atomic mass is 35.5. The Morgan fingerprint density at radius 2 is 1.01 bits per heavy atom. The third-order valence-corrected chi connectivity index (χ3v) is 17.5.